The van der Waals surface area contributed by atoms with E-state index < -0.39 is 12.9 Å². The van der Waals surface area contributed by atoms with Crippen LogP contribution in [-0.4, -0.2) is 33.3 Å². The van der Waals surface area contributed by atoms with Gasteiger partial charge in [0.15, 0.2) is 0 Å². The lowest BCUT2D eigenvalue weighted by molar-refractivity contribution is 0.126. The Kier molecular flexibility index (Phi) is 10.4. The van der Waals surface area contributed by atoms with Crippen molar-refractivity contribution in [2.24, 2.45) is 0 Å². The number of carbonyl (C=O) groups excluding carboxylic acids is 1. The molecule has 0 aliphatic heterocycles. The highest BCUT2D eigenvalue weighted by Crippen LogP contribution is 2.52. The maximum Gasteiger partial charge on any atom is 0.420 e. The van der Waals surface area contributed by atoms with Gasteiger partial charge in [-0.2, -0.15) is 0 Å². The number of amides is 1. The van der Waals surface area contributed by atoms with Crippen LogP contribution in [0.1, 0.15) is 52.4 Å². The minimum atomic E-state index is -4.33. The van der Waals surface area contributed by atoms with Crippen LogP contribution < -0.4 is 0 Å². The van der Waals surface area contributed by atoms with E-state index in [0.717, 1.165) is 36.4 Å². The summed E-state index contributed by atoms with van der Waals surface area (Å²) in [5.41, 5.74) is 0. The Labute approximate surface area is 118 Å². The molecule has 0 radical (unpaired) electrons. The summed E-state index contributed by atoms with van der Waals surface area (Å²) in [6, 6.07) is 0. The Morgan fingerprint density at radius 2 is 1.74 bits per heavy atom. The Morgan fingerprint density at radius 1 is 1.16 bits per heavy atom. The predicted molar refractivity (Wildman–Crippen MR) is 76.7 cm³/mol. The van der Waals surface area contributed by atoms with E-state index in [0.29, 0.717) is 13.0 Å². The number of carbonyl (C=O) groups is 1. The van der Waals surface area contributed by atoms with Crippen molar-refractivity contribution in [3.05, 3.63) is 0 Å². The van der Waals surface area contributed by atoms with Crippen molar-refractivity contribution in [1.29, 1.82) is 0 Å². The largest absolute Gasteiger partial charge is 0.449 e. The molecule has 0 bridgehead atoms. The first-order chi connectivity index (χ1) is 8.90. The lowest BCUT2D eigenvalue weighted by Gasteiger charge is -2.20. The van der Waals surface area contributed by atoms with Gasteiger partial charge in [0, 0.05) is 6.54 Å². The highest BCUT2D eigenvalue weighted by Gasteiger charge is 2.25. The normalized spacial score (nSPS) is 11.4. The second-order valence-corrected chi connectivity index (χ2v) is 7.71. The van der Waals surface area contributed by atoms with Crippen LogP contribution in [0, 0.1) is 0 Å². The molecule has 0 spiro atoms. The molecule has 114 valence electrons. The number of hydrogen-bond acceptors (Lipinski definition) is 4. The summed E-state index contributed by atoms with van der Waals surface area (Å²) in [6.45, 7) is 0.312. The smallest absolute Gasteiger partial charge is 0.420 e. The van der Waals surface area contributed by atoms with Gasteiger partial charge in [-0.05, 0) is 12.8 Å². The van der Waals surface area contributed by atoms with Gasteiger partial charge in [-0.3, -0.25) is 0 Å². The van der Waals surface area contributed by atoms with Crippen LogP contribution in [0.2, 0.25) is 0 Å². The zero-order valence-corrected chi connectivity index (χ0v) is 13.3. The number of rotatable bonds is 10. The van der Waals surface area contributed by atoms with Crippen LogP contribution in [0.3, 0.4) is 0 Å². The van der Waals surface area contributed by atoms with Crippen LogP contribution in [0.15, 0.2) is 0 Å². The molecule has 0 unspecified atom stereocenters. The summed E-state index contributed by atoms with van der Waals surface area (Å²) in [5, 5.41) is 0. The van der Waals surface area contributed by atoms with Crippen molar-refractivity contribution in [3.8, 4) is 0 Å². The van der Waals surface area contributed by atoms with Crippen LogP contribution in [-0.2, 0) is 9.30 Å². The molecule has 1 amide bonds. The topological polar surface area (TPSA) is 87.1 Å². The van der Waals surface area contributed by atoms with Crippen molar-refractivity contribution < 1.29 is 23.9 Å². The van der Waals surface area contributed by atoms with E-state index in [1.54, 1.807) is 0 Å². The van der Waals surface area contributed by atoms with Gasteiger partial charge in [0.1, 0.15) is 0 Å². The fourth-order valence-electron chi connectivity index (χ4n) is 1.38. The molecule has 0 aromatic heterocycles. The molecule has 0 aromatic carbocycles. The summed E-state index contributed by atoms with van der Waals surface area (Å²) in [4.78, 5) is 29.6. The van der Waals surface area contributed by atoms with Crippen molar-refractivity contribution in [2.75, 3.05) is 13.2 Å². The predicted octanol–water partition coefficient (Wildman–Crippen LogP) is 3.55. The first-order valence-corrected chi connectivity index (χ1v) is 9.59. The average molecular weight is 313 g/mol. The van der Waals surface area contributed by atoms with Gasteiger partial charge >= 0.3 is 12.9 Å². The molecule has 0 fully saturated rings. The Morgan fingerprint density at radius 3 is 2.26 bits per heavy atom. The molecule has 0 aliphatic carbocycles. The van der Waals surface area contributed by atoms with E-state index in [1.807, 2.05) is 13.8 Å². The molecular weight excluding hydrogens is 289 g/mol. The van der Waals surface area contributed by atoms with E-state index in [1.165, 1.54) is 0 Å². The Bertz CT molecular complexity index is 297. The number of unbranched alkanes of at least 4 members (excludes halogenated alkanes) is 4. The molecule has 0 heterocycles. The number of nitrogens with zero attached hydrogens (tertiary/aromatic N) is 1. The van der Waals surface area contributed by atoms with Gasteiger partial charge in [-0.15, -0.1) is 0 Å². The molecule has 0 saturated heterocycles. The van der Waals surface area contributed by atoms with E-state index in [-0.39, 0.29) is 18.1 Å². The zero-order valence-electron chi connectivity index (χ0n) is 11.6. The molecule has 19 heavy (non-hydrogen) atoms. The lowest BCUT2D eigenvalue weighted by Crippen LogP contribution is -2.26. The fraction of sp³-hybridized carbons (Fsp3) is 0.909. The molecule has 0 aliphatic rings. The van der Waals surface area contributed by atoms with Crippen LogP contribution in [0.5, 0.6) is 0 Å². The third kappa shape index (κ3) is 11.3. The lowest BCUT2D eigenvalue weighted by atomic mass is 10.2. The first-order valence-electron chi connectivity index (χ1n) is 6.60. The standard InChI is InChI=1S/C11H24NO5PS/c1-3-5-7-9-12(19-18(14,15)16)11(13)17-10-8-6-4-2/h3-10H2,1-2H3,(H2,14,15,16). The highest BCUT2D eigenvalue weighted by molar-refractivity contribution is 8.53. The van der Waals surface area contributed by atoms with Crippen molar-refractivity contribution in [2.45, 2.75) is 52.4 Å². The van der Waals surface area contributed by atoms with Gasteiger partial charge < -0.3 is 14.5 Å². The average Bonchev–Trinajstić information content (AvgIpc) is 2.32. The van der Waals surface area contributed by atoms with Crippen LogP contribution in [0.25, 0.3) is 0 Å². The molecule has 8 heteroatoms. The second kappa shape index (κ2) is 10.5. The molecule has 6 nitrogen and oxygen atoms in total. The third-order valence-corrected chi connectivity index (χ3v) is 4.32. The highest BCUT2D eigenvalue weighted by atomic mass is 32.7. The van der Waals surface area contributed by atoms with Gasteiger partial charge in [-0.1, -0.05) is 39.5 Å². The van der Waals surface area contributed by atoms with Gasteiger partial charge in [0.2, 0.25) is 0 Å². The van der Waals surface area contributed by atoms with Crippen LogP contribution in [0.4, 0.5) is 4.79 Å². The van der Waals surface area contributed by atoms with E-state index in [9.17, 15) is 9.36 Å². The van der Waals surface area contributed by atoms with E-state index >= 15 is 0 Å². The minimum absolute atomic E-state index is 0.250. The summed E-state index contributed by atoms with van der Waals surface area (Å²) < 4.78 is 17.0. The quantitative estimate of drug-likeness (QED) is 0.364. The third-order valence-electron chi connectivity index (χ3n) is 2.35. The second-order valence-electron chi connectivity index (χ2n) is 4.20. The van der Waals surface area contributed by atoms with Gasteiger partial charge in [-0.25, -0.2) is 13.7 Å². The van der Waals surface area contributed by atoms with Crippen molar-refractivity contribution in [3.63, 3.8) is 0 Å². The molecule has 2 N–H and O–H groups in total. The van der Waals surface area contributed by atoms with Crippen molar-refractivity contribution >= 4 is 24.5 Å². The fourth-order valence-corrected chi connectivity index (χ4v) is 3.18. The molecule has 0 saturated carbocycles. The van der Waals surface area contributed by atoms with E-state index in [2.05, 4.69) is 0 Å². The maximum absolute atomic E-state index is 11.7. The van der Waals surface area contributed by atoms with Gasteiger partial charge in [0.25, 0.3) is 0 Å². The van der Waals surface area contributed by atoms with Crippen molar-refractivity contribution in [1.82, 2.24) is 4.31 Å². The first kappa shape index (κ1) is 18.8. The minimum Gasteiger partial charge on any atom is -0.449 e. The molecule has 0 aromatic rings. The number of hydrogen-bond donors (Lipinski definition) is 2. The zero-order chi connectivity index (χ0) is 14.7. The van der Waals surface area contributed by atoms with Crippen LogP contribution >= 0.6 is 18.4 Å². The number of ether oxygens (including phenoxy) is 1. The van der Waals surface area contributed by atoms with E-state index in [4.69, 9.17) is 14.5 Å². The SMILES string of the molecule is CCCCCOC(=O)N(CCCCC)SP(=O)(O)O. The summed E-state index contributed by atoms with van der Waals surface area (Å²) in [7, 11) is 0. The van der Waals surface area contributed by atoms with Gasteiger partial charge in [0.05, 0.1) is 18.2 Å². The molecule has 0 rings (SSSR count). The molecule has 0 atom stereocenters. The maximum atomic E-state index is 11.7. The summed E-state index contributed by atoms with van der Waals surface area (Å²) in [5.74, 6) is 0. The Hall–Kier alpha value is -0.230. The Balaban J connectivity index is 4.21. The summed E-state index contributed by atoms with van der Waals surface area (Å²) in [6.07, 6.45) is 4.67. The molecular formula is C11H24NO5PS. The summed E-state index contributed by atoms with van der Waals surface area (Å²) >= 11 is 0.250. The monoisotopic (exact) mass is 313 g/mol.